The van der Waals surface area contributed by atoms with Gasteiger partial charge in [-0.2, -0.15) is 4.31 Å². The Kier molecular flexibility index (Phi) is 4.18. The van der Waals surface area contributed by atoms with Crippen LogP contribution in [0, 0.1) is 6.92 Å². The van der Waals surface area contributed by atoms with E-state index < -0.39 is 10.0 Å². The molecule has 28 heavy (non-hydrogen) atoms. The lowest BCUT2D eigenvalue weighted by molar-refractivity contribution is 0.431. The Balaban J connectivity index is 1.51. The molecule has 2 heterocycles. The summed E-state index contributed by atoms with van der Waals surface area (Å²) in [5, 5.41) is 1.05. The van der Waals surface area contributed by atoms with Crippen LogP contribution in [0.5, 0.6) is 0 Å². The molecule has 0 radical (unpaired) electrons. The summed E-state index contributed by atoms with van der Waals surface area (Å²) < 4.78 is 34.0. The van der Waals surface area contributed by atoms with Gasteiger partial charge in [0.1, 0.15) is 11.3 Å². The van der Waals surface area contributed by atoms with Crippen LogP contribution in [0.4, 0.5) is 0 Å². The maximum absolute atomic E-state index is 13.1. The Hall–Kier alpha value is -2.37. The lowest BCUT2D eigenvalue weighted by atomic mass is 9.98. The molecule has 1 aliphatic heterocycles. The molecular weight excluding hydrogens is 370 g/mol. The molecule has 0 saturated carbocycles. The normalized spacial score (nSPS) is 17.7. The summed E-state index contributed by atoms with van der Waals surface area (Å²) in [6, 6.07) is 13.2. The minimum Gasteiger partial charge on any atom is -0.456 e. The van der Waals surface area contributed by atoms with Crippen LogP contribution < -0.4 is 0 Å². The number of fused-ring (bicyclic) bond motifs is 3. The number of hydrogen-bond acceptors (Lipinski definition) is 3. The zero-order chi connectivity index (χ0) is 19.3. The second-order valence-electron chi connectivity index (χ2n) is 7.79. The van der Waals surface area contributed by atoms with Crippen molar-refractivity contribution in [2.75, 3.05) is 0 Å². The first-order chi connectivity index (χ1) is 13.5. The van der Waals surface area contributed by atoms with Gasteiger partial charge in [0, 0.05) is 24.0 Å². The van der Waals surface area contributed by atoms with E-state index in [1.807, 2.05) is 31.2 Å². The van der Waals surface area contributed by atoms with Gasteiger partial charge < -0.3 is 4.42 Å². The maximum Gasteiger partial charge on any atom is 0.243 e. The maximum atomic E-state index is 13.1. The summed E-state index contributed by atoms with van der Waals surface area (Å²) in [7, 11) is -3.53. The molecule has 0 fully saturated rings. The van der Waals surface area contributed by atoms with Crippen molar-refractivity contribution in [3.63, 3.8) is 0 Å². The quantitative estimate of drug-likeness (QED) is 0.598. The Morgan fingerprint density at radius 2 is 1.82 bits per heavy atom. The molecule has 0 saturated heterocycles. The van der Waals surface area contributed by atoms with E-state index in [1.54, 1.807) is 16.4 Å². The molecule has 1 aromatic heterocycles. The average Bonchev–Trinajstić information content (AvgIpc) is 3.33. The fraction of sp³-hybridized carbons (Fsp3) is 0.304. The number of nitrogens with zero attached hydrogens (tertiary/aromatic N) is 1. The molecule has 0 atom stereocenters. The Morgan fingerprint density at radius 1 is 1.00 bits per heavy atom. The van der Waals surface area contributed by atoms with Crippen LogP contribution in [0.2, 0.25) is 0 Å². The van der Waals surface area contributed by atoms with Crippen LogP contribution in [0.3, 0.4) is 0 Å². The van der Waals surface area contributed by atoms with E-state index in [-0.39, 0.29) is 0 Å². The van der Waals surface area contributed by atoms with Crippen molar-refractivity contribution in [1.82, 2.24) is 4.31 Å². The van der Waals surface area contributed by atoms with Gasteiger partial charge in [-0.05, 0) is 61.9 Å². The molecule has 0 unspecified atom stereocenters. The highest BCUT2D eigenvalue weighted by molar-refractivity contribution is 7.89. The van der Waals surface area contributed by atoms with Crippen LogP contribution in [-0.4, -0.2) is 12.7 Å². The van der Waals surface area contributed by atoms with E-state index >= 15 is 0 Å². The van der Waals surface area contributed by atoms with Gasteiger partial charge in [0.15, 0.2) is 0 Å². The largest absolute Gasteiger partial charge is 0.456 e. The summed E-state index contributed by atoms with van der Waals surface area (Å²) in [5.41, 5.74) is 5.18. The predicted octanol–water partition coefficient (Wildman–Crippen LogP) is 5.40. The average molecular weight is 394 g/mol. The first-order valence-electron chi connectivity index (χ1n) is 9.83. The molecule has 5 heteroatoms. The number of rotatable bonds is 3. The van der Waals surface area contributed by atoms with E-state index in [0.29, 0.717) is 18.0 Å². The molecule has 0 bridgehead atoms. The van der Waals surface area contributed by atoms with Gasteiger partial charge in [0.2, 0.25) is 10.0 Å². The number of hydrogen-bond donors (Lipinski definition) is 0. The summed E-state index contributed by atoms with van der Waals surface area (Å²) in [5.74, 6) is 0.933. The fourth-order valence-electron chi connectivity index (χ4n) is 4.19. The van der Waals surface area contributed by atoms with E-state index in [1.165, 1.54) is 18.4 Å². The molecule has 5 rings (SSSR count). The molecular formula is C23H23NO3S. The molecule has 144 valence electrons. The second-order valence-corrected chi connectivity index (χ2v) is 9.73. The predicted molar refractivity (Wildman–Crippen MR) is 110 cm³/mol. The zero-order valence-corrected chi connectivity index (χ0v) is 16.8. The first kappa shape index (κ1) is 17.7. The number of furan rings is 1. The second kappa shape index (κ2) is 6.61. The van der Waals surface area contributed by atoms with Gasteiger partial charge in [-0.3, -0.25) is 0 Å². The van der Waals surface area contributed by atoms with E-state index in [2.05, 4.69) is 12.1 Å². The highest BCUT2D eigenvalue weighted by Crippen LogP contribution is 2.37. The van der Waals surface area contributed by atoms with Gasteiger partial charge in [-0.15, -0.1) is 0 Å². The Morgan fingerprint density at radius 3 is 2.57 bits per heavy atom. The number of aryl methyl sites for hydroxylation is 1. The van der Waals surface area contributed by atoms with Crippen LogP contribution in [0.15, 0.2) is 57.9 Å². The zero-order valence-electron chi connectivity index (χ0n) is 15.9. The monoisotopic (exact) mass is 393 g/mol. The molecule has 3 aromatic rings. The van der Waals surface area contributed by atoms with Crippen molar-refractivity contribution in [3.8, 4) is 0 Å². The van der Waals surface area contributed by atoms with Gasteiger partial charge >= 0.3 is 0 Å². The molecule has 2 aliphatic rings. The molecule has 1 aliphatic carbocycles. The van der Waals surface area contributed by atoms with E-state index in [4.69, 9.17) is 4.42 Å². The summed E-state index contributed by atoms with van der Waals surface area (Å²) in [6.45, 7) is 2.70. The third-order valence-electron chi connectivity index (χ3n) is 5.83. The van der Waals surface area contributed by atoms with Crippen LogP contribution in [0.25, 0.3) is 16.5 Å². The standard InChI is InChI=1S/C23H23NO3S/c1-16-7-11-20(12-8-16)28(25,26)24-14-19-10-9-18-13-22(17-5-3-2-4-6-17)27-23(18)21(19)15-24/h5,7-13H,2-4,6,14-15H2,1H3. The van der Waals surface area contributed by atoms with Gasteiger partial charge in [-0.25, -0.2) is 8.42 Å². The van der Waals surface area contributed by atoms with E-state index in [9.17, 15) is 8.42 Å². The molecule has 0 amide bonds. The van der Waals surface area contributed by atoms with Crippen LogP contribution in [-0.2, 0) is 23.1 Å². The lowest BCUT2D eigenvalue weighted by Gasteiger charge is -2.15. The minimum absolute atomic E-state index is 0.342. The van der Waals surface area contributed by atoms with Crippen LogP contribution in [0.1, 0.15) is 48.1 Å². The first-order valence-corrected chi connectivity index (χ1v) is 11.3. The van der Waals surface area contributed by atoms with Gasteiger partial charge in [0.25, 0.3) is 0 Å². The van der Waals surface area contributed by atoms with E-state index in [0.717, 1.165) is 46.3 Å². The summed E-state index contributed by atoms with van der Waals surface area (Å²) in [4.78, 5) is 0.342. The topological polar surface area (TPSA) is 50.5 Å². The fourth-order valence-corrected chi connectivity index (χ4v) is 5.58. The molecule has 0 N–H and O–H groups in total. The SMILES string of the molecule is Cc1ccc(S(=O)(=O)N2Cc3ccc4cc(C5=CCCCC5)oc4c3C2)cc1. The summed E-state index contributed by atoms with van der Waals surface area (Å²) in [6.07, 6.45) is 6.87. The summed E-state index contributed by atoms with van der Waals surface area (Å²) >= 11 is 0. The Labute approximate surface area is 165 Å². The molecule has 4 nitrogen and oxygen atoms in total. The van der Waals surface area contributed by atoms with Crippen molar-refractivity contribution in [2.45, 2.75) is 50.6 Å². The van der Waals surface area contributed by atoms with Crippen molar-refractivity contribution >= 4 is 26.6 Å². The minimum atomic E-state index is -3.53. The van der Waals surface area contributed by atoms with Crippen molar-refractivity contribution < 1.29 is 12.8 Å². The highest BCUT2D eigenvalue weighted by atomic mass is 32.2. The smallest absolute Gasteiger partial charge is 0.243 e. The molecule has 0 spiro atoms. The third kappa shape index (κ3) is 2.90. The van der Waals surface area contributed by atoms with Crippen LogP contribution >= 0.6 is 0 Å². The van der Waals surface area contributed by atoms with Gasteiger partial charge in [-0.1, -0.05) is 35.9 Å². The highest BCUT2D eigenvalue weighted by Gasteiger charge is 2.32. The number of allylic oxidation sites excluding steroid dienone is 2. The third-order valence-corrected chi connectivity index (χ3v) is 7.64. The van der Waals surface area contributed by atoms with Crippen molar-refractivity contribution in [1.29, 1.82) is 0 Å². The molecule has 2 aromatic carbocycles. The Bertz CT molecular complexity index is 1190. The van der Waals surface area contributed by atoms with Crippen molar-refractivity contribution in [2.24, 2.45) is 0 Å². The number of benzene rings is 2. The van der Waals surface area contributed by atoms with Crippen molar-refractivity contribution in [3.05, 3.63) is 71.0 Å². The lowest BCUT2D eigenvalue weighted by Crippen LogP contribution is -2.25. The number of sulfonamides is 1. The van der Waals surface area contributed by atoms with Gasteiger partial charge in [0.05, 0.1) is 4.90 Å².